The lowest BCUT2D eigenvalue weighted by atomic mass is 10.1. The third-order valence-corrected chi connectivity index (χ3v) is 4.06. The maximum absolute atomic E-state index is 5.77. The SMILES string of the molecule is CCCCOc1ccc2cc(C#Cc3ccc(N=C=S)cc3)ccc2c1. The molecule has 3 heteroatoms. The largest absolute Gasteiger partial charge is 0.494 e. The number of ether oxygens (including phenoxy) is 1. The van der Waals surface area contributed by atoms with Gasteiger partial charge < -0.3 is 4.74 Å². The first kappa shape index (κ1) is 17.9. The zero-order valence-corrected chi connectivity index (χ0v) is 15.5. The molecule has 0 fully saturated rings. The fourth-order valence-corrected chi connectivity index (χ4v) is 2.65. The van der Waals surface area contributed by atoms with Crippen molar-refractivity contribution in [3.8, 4) is 17.6 Å². The molecule has 0 bridgehead atoms. The second-order valence-corrected chi connectivity index (χ2v) is 6.11. The van der Waals surface area contributed by atoms with Crippen molar-refractivity contribution in [2.45, 2.75) is 19.8 Å². The first-order valence-electron chi connectivity index (χ1n) is 8.65. The summed E-state index contributed by atoms with van der Waals surface area (Å²) in [5.74, 6) is 7.31. The van der Waals surface area contributed by atoms with E-state index in [-0.39, 0.29) is 0 Å². The van der Waals surface area contributed by atoms with Crippen LogP contribution in [0.25, 0.3) is 10.8 Å². The minimum atomic E-state index is 0.764. The van der Waals surface area contributed by atoms with Gasteiger partial charge >= 0.3 is 0 Å². The van der Waals surface area contributed by atoms with Crippen LogP contribution in [-0.4, -0.2) is 11.8 Å². The normalized spacial score (nSPS) is 9.88. The summed E-state index contributed by atoms with van der Waals surface area (Å²) in [6, 6.07) is 20.0. The second-order valence-electron chi connectivity index (χ2n) is 5.93. The molecule has 0 spiro atoms. The predicted octanol–water partition coefficient (Wildman–Crippen LogP) is 6.15. The summed E-state index contributed by atoms with van der Waals surface area (Å²) in [5, 5.41) is 4.68. The molecular formula is C23H19NOS. The van der Waals surface area contributed by atoms with Gasteiger partial charge in [-0.1, -0.05) is 37.3 Å². The number of unbranched alkanes of at least 4 members (excludes halogenated alkanes) is 1. The maximum atomic E-state index is 5.77. The van der Waals surface area contributed by atoms with Gasteiger partial charge in [-0.25, -0.2) is 0 Å². The van der Waals surface area contributed by atoms with Crippen LogP contribution in [0.15, 0.2) is 65.7 Å². The fraction of sp³-hybridized carbons (Fsp3) is 0.174. The van der Waals surface area contributed by atoms with Gasteiger partial charge in [0.1, 0.15) is 5.75 Å². The van der Waals surface area contributed by atoms with Crippen molar-refractivity contribution in [2.24, 2.45) is 4.99 Å². The highest BCUT2D eigenvalue weighted by molar-refractivity contribution is 7.78. The lowest BCUT2D eigenvalue weighted by Gasteiger charge is -2.06. The van der Waals surface area contributed by atoms with Gasteiger partial charge in [0.2, 0.25) is 0 Å². The molecule has 0 aliphatic carbocycles. The molecule has 0 unspecified atom stereocenters. The van der Waals surface area contributed by atoms with E-state index in [1.54, 1.807) is 0 Å². The number of rotatable bonds is 5. The van der Waals surface area contributed by atoms with Crippen molar-refractivity contribution >= 4 is 33.8 Å². The van der Waals surface area contributed by atoms with E-state index in [2.05, 4.69) is 65.4 Å². The van der Waals surface area contributed by atoms with Crippen molar-refractivity contribution in [2.75, 3.05) is 6.61 Å². The minimum Gasteiger partial charge on any atom is -0.494 e. The molecule has 128 valence electrons. The van der Waals surface area contributed by atoms with Crippen molar-refractivity contribution < 1.29 is 4.74 Å². The van der Waals surface area contributed by atoms with E-state index >= 15 is 0 Å². The first-order valence-corrected chi connectivity index (χ1v) is 9.06. The summed E-state index contributed by atoms with van der Waals surface area (Å²) < 4.78 is 5.77. The smallest absolute Gasteiger partial charge is 0.119 e. The molecule has 0 atom stereocenters. The van der Waals surface area contributed by atoms with Gasteiger partial charge in [0.05, 0.1) is 17.5 Å². The Bertz CT molecular complexity index is 1010. The van der Waals surface area contributed by atoms with Gasteiger partial charge in [-0.15, -0.1) is 0 Å². The fourth-order valence-electron chi connectivity index (χ4n) is 2.54. The predicted molar refractivity (Wildman–Crippen MR) is 111 cm³/mol. The van der Waals surface area contributed by atoms with E-state index in [1.807, 2.05) is 36.4 Å². The molecule has 0 amide bonds. The third-order valence-electron chi connectivity index (χ3n) is 3.97. The Labute approximate surface area is 159 Å². The molecule has 0 aliphatic rings. The highest BCUT2D eigenvalue weighted by atomic mass is 32.1. The maximum Gasteiger partial charge on any atom is 0.119 e. The number of hydrogen-bond acceptors (Lipinski definition) is 3. The van der Waals surface area contributed by atoms with Crippen LogP contribution in [0.5, 0.6) is 5.75 Å². The van der Waals surface area contributed by atoms with Gasteiger partial charge in [0, 0.05) is 11.1 Å². The van der Waals surface area contributed by atoms with Crippen molar-refractivity contribution in [3.63, 3.8) is 0 Å². The van der Waals surface area contributed by atoms with Gasteiger partial charge in [-0.3, -0.25) is 0 Å². The highest BCUT2D eigenvalue weighted by Crippen LogP contribution is 2.22. The molecule has 3 aromatic rings. The molecule has 0 radical (unpaired) electrons. The summed E-state index contributed by atoms with van der Waals surface area (Å²) >= 11 is 4.60. The van der Waals surface area contributed by atoms with Crippen molar-refractivity contribution in [3.05, 3.63) is 71.8 Å². The summed E-state index contributed by atoms with van der Waals surface area (Å²) in [6.07, 6.45) is 2.21. The number of thiocarbonyl (C=S) groups is 1. The highest BCUT2D eigenvalue weighted by Gasteiger charge is 1.99. The van der Waals surface area contributed by atoms with Gasteiger partial charge in [-0.2, -0.15) is 4.99 Å². The monoisotopic (exact) mass is 357 g/mol. The van der Waals surface area contributed by atoms with Crippen LogP contribution in [0, 0.1) is 11.8 Å². The van der Waals surface area contributed by atoms with Crippen LogP contribution >= 0.6 is 12.2 Å². The number of nitrogens with zero attached hydrogens (tertiary/aromatic N) is 1. The summed E-state index contributed by atoms with van der Waals surface area (Å²) in [5.41, 5.74) is 2.71. The van der Waals surface area contributed by atoms with Crippen LogP contribution in [0.2, 0.25) is 0 Å². The van der Waals surface area contributed by atoms with E-state index in [4.69, 9.17) is 4.74 Å². The van der Waals surface area contributed by atoms with Crippen molar-refractivity contribution in [1.29, 1.82) is 0 Å². The number of benzene rings is 3. The topological polar surface area (TPSA) is 21.6 Å². The quantitative estimate of drug-likeness (QED) is 0.236. The summed E-state index contributed by atoms with van der Waals surface area (Å²) in [4.78, 5) is 3.94. The average molecular weight is 357 g/mol. The van der Waals surface area contributed by atoms with Gasteiger partial charge in [0.25, 0.3) is 0 Å². The zero-order chi connectivity index (χ0) is 18.2. The Morgan fingerprint density at radius 3 is 2.35 bits per heavy atom. The van der Waals surface area contributed by atoms with Crippen LogP contribution < -0.4 is 4.74 Å². The summed E-state index contributed by atoms with van der Waals surface area (Å²) in [7, 11) is 0. The number of fused-ring (bicyclic) bond motifs is 1. The molecular weight excluding hydrogens is 338 g/mol. The molecule has 2 nitrogen and oxygen atoms in total. The number of hydrogen-bond donors (Lipinski definition) is 0. The van der Waals surface area contributed by atoms with E-state index in [0.29, 0.717) is 0 Å². The standard InChI is InChI=1S/C23H19NOS/c1-2-3-14-25-23-13-10-20-15-19(6-9-21(20)16-23)5-4-18-7-11-22(12-8-18)24-17-26/h6-13,15-16H,2-3,14H2,1H3. The first-order chi connectivity index (χ1) is 12.8. The van der Waals surface area contributed by atoms with Gasteiger partial charge in [-0.05, 0) is 77.9 Å². The van der Waals surface area contributed by atoms with Crippen LogP contribution in [-0.2, 0) is 0 Å². The number of isothiocyanates is 1. The van der Waals surface area contributed by atoms with Crippen LogP contribution in [0.3, 0.4) is 0 Å². The molecule has 0 aliphatic heterocycles. The Balaban J connectivity index is 1.77. The van der Waals surface area contributed by atoms with Crippen molar-refractivity contribution in [1.82, 2.24) is 0 Å². The molecule has 0 saturated heterocycles. The zero-order valence-electron chi connectivity index (χ0n) is 14.7. The molecule has 3 aromatic carbocycles. The van der Waals surface area contributed by atoms with E-state index in [0.717, 1.165) is 52.8 Å². The number of aliphatic imine (C=N–C) groups is 1. The molecule has 3 rings (SSSR count). The minimum absolute atomic E-state index is 0.764. The lowest BCUT2D eigenvalue weighted by molar-refractivity contribution is 0.310. The van der Waals surface area contributed by atoms with E-state index in [1.165, 1.54) is 0 Å². The van der Waals surface area contributed by atoms with Crippen LogP contribution in [0.1, 0.15) is 30.9 Å². The molecule has 0 aromatic heterocycles. The van der Waals surface area contributed by atoms with E-state index in [9.17, 15) is 0 Å². The van der Waals surface area contributed by atoms with Crippen LogP contribution in [0.4, 0.5) is 5.69 Å². The Hall–Kier alpha value is -2.92. The van der Waals surface area contributed by atoms with E-state index < -0.39 is 0 Å². The molecule has 0 N–H and O–H groups in total. The third kappa shape index (κ3) is 4.80. The molecule has 0 saturated carbocycles. The Kier molecular flexibility index (Phi) is 6.17. The molecule has 0 heterocycles. The average Bonchev–Trinajstić information content (AvgIpc) is 2.68. The lowest BCUT2D eigenvalue weighted by Crippen LogP contribution is -1.96. The Morgan fingerprint density at radius 2 is 1.58 bits per heavy atom. The Morgan fingerprint density at radius 1 is 0.885 bits per heavy atom. The second kappa shape index (κ2) is 8.97. The molecule has 26 heavy (non-hydrogen) atoms. The van der Waals surface area contributed by atoms with Gasteiger partial charge in [0.15, 0.2) is 0 Å². The summed E-state index contributed by atoms with van der Waals surface area (Å²) in [6.45, 7) is 2.92.